The van der Waals surface area contributed by atoms with Crippen molar-refractivity contribution in [3.05, 3.63) is 18.0 Å². The third kappa shape index (κ3) is 1.57. The molecule has 0 spiro atoms. The van der Waals surface area contributed by atoms with Crippen molar-refractivity contribution in [3.63, 3.8) is 0 Å². The number of rotatable bonds is 2. The topological polar surface area (TPSA) is 43.8 Å². The van der Waals surface area contributed by atoms with E-state index in [-0.39, 0.29) is 5.54 Å². The van der Waals surface area contributed by atoms with Crippen molar-refractivity contribution in [3.8, 4) is 0 Å². The van der Waals surface area contributed by atoms with E-state index in [9.17, 15) is 0 Å². The lowest BCUT2D eigenvalue weighted by atomic mass is 9.91. The Labute approximate surface area is 85.3 Å². The molecule has 0 bridgehead atoms. The van der Waals surface area contributed by atoms with E-state index >= 15 is 0 Å². The quantitative estimate of drug-likeness (QED) is 0.779. The molecular formula is C11H19N3. The minimum atomic E-state index is -0.104. The molecule has 0 aromatic carbocycles. The lowest BCUT2D eigenvalue weighted by Crippen LogP contribution is -2.33. The lowest BCUT2D eigenvalue weighted by molar-refractivity contribution is 0.440. The maximum atomic E-state index is 6.39. The van der Waals surface area contributed by atoms with E-state index in [0.29, 0.717) is 0 Å². The summed E-state index contributed by atoms with van der Waals surface area (Å²) in [6, 6.07) is 0. The zero-order chi connectivity index (χ0) is 10.2. The number of nitrogens with two attached hydrogens (primary N) is 1. The van der Waals surface area contributed by atoms with Gasteiger partial charge in [0.15, 0.2) is 0 Å². The van der Waals surface area contributed by atoms with Crippen molar-refractivity contribution >= 4 is 0 Å². The molecule has 78 valence electrons. The zero-order valence-corrected chi connectivity index (χ0v) is 9.03. The van der Waals surface area contributed by atoms with Crippen molar-refractivity contribution < 1.29 is 0 Å². The van der Waals surface area contributed by atoms with Gasteiger partial charge in [0.05, 0.1) is 6.20 Å². The van der Waals surface area contributed by atoms with Crippen molar-refractivity contribution in [1.82, 2.24) is 9.78 Å². The maximum absolute atomic E-state index is 6.39. The van der Waals surface area contributed by atoms with Crippen LogP contribution in [0.2, 0.25) is 0 Å². The molecule has 1 aromatic heterocycles. The van der Waals surface area contributed by atoms with E-state index in [1.807, 2.05) is 10.9 Å². The van der Waals surface area contributed by atoms with Gasteiger partial charge in [0.1, 0.15) is 0 Å². The van der Waals surface area contributed by atoms with Gasteiger partial charge < -0.3 is 5.73 Å². The summed E-state index contributed by atoms with van der Waals surface area (Å²) in [5.41, 5.74) is 7.49. The normalized spacial score (nSPS) is 32.4. The van der Waals surface area contributed by atoms with E-state index in [0.717, 1.165) is 25.3 Å². The van der Waals surface area contributed by atoms with Crippen molar-refractivity contribution in [2.75, 3.05) is 0 Å². The first kappa shape index (κ1) is 9.71. The van der Waals surface area contributed by atoms with Crippen LogP contribution in [0.4, 0.5) is 0 Å². The third-order valence-electron chi connectivity index (χ3n) is 3.33. The Morgan fingerprint density at radius 3 is 3.00 bits per heavy atom. The van der Waals surface area contributed by atoms with Crippen LogP contribution in [0.1, 0.15) is 38.7 Å². The van der Waals surface area contributed by atoms with Gasteiger partial charge in [-0.2, -0.15) is 5.10 Å². The highest BCUT2D eigenvalue weighted by molar-refractivity contribution is 5.19. The Bertz CT molecular complexity index is 318. The van der Waals surface area contributed by atoms with E-state index in [2.05, 4.69) is 25.1 Å². The number of aryl methyl sites for hydroxylation is 1. The molecule has 0 radical (unpaired) electrons. The Hall–Kier alpha value is -0.830. The van der Waals surface area contributed by atoms with Gasteiger partial charge in [-0.1, -0.05) is 6.92 Å². The summed E-state index contributed by atoms with van der Waals surface area (Å²) in [6.07, 6.45) is 7.47. The summed E-state index contributed by atoms with van der Waals surface area (Å²) in [6.45, 7) is 5.29. The van der Waals surface area contributed by atoms with Crippen LogP contribution in [0.3, 0.4) is 0 Å². The third-order valence-corrected chi connectivity index (χ3v) is 3.33. The molecular weight excluding hydrogens is 174 g/mol. The summed E-state index contributed by atoms with van der Waals surface area (Å²) in [5, 5.41) is 4.29. The first-order valence-electron chi connectivity index (χ1n) is 5.46. The summed E-state index contributed by atoms with van der Waals surface area (Å²) in [5.74, 6) is 0.755. The average molecular weight is 193 g/mol. The SMILES string of the molecule is CCn1cc(C2(N)CCC(C)C2)cn1. The first-order chi connectivity index (χ1) is 6.64. The molecule has 14 heavy (non-hydrogen) atoms. The molecule has 0 saturated heterocycles. The fourth-order valence-corrected chi connectivity index (χ4v) is 2.39. The van der Waals surface area contributed by atoms with Gasteiger partial charge >= 0.3 is 0 Å². The summed E-state index contributed by atoms with van der Waals surface area (Å²) in [4.78, 5) is 0. The van der Waals surface area contributed by atoms with E-state index in [1.165, 1.54) is 12.0 Å². The maximum Gasteiger partial charge on any atom is 0.0540 e. The van der Waals surface area contributed by atoms with Crippen molar-refractivity contribution in [2.45, 2.75) is 45.2 Å². The average Bonchev–Trinajstić information content (AvgIpc) is 2.73. The summed E-state index contributed by atoms with van der Waals surface area (Å²) >= 11 is 0. The Kier molecular flexibility index (Phi) is 2.35. The van der Waals surface area contributed by atoms with Gasteiger partial charge in [-0.05, 0) is 32.1 Å². The largest absolute Gasteiger partial charge is 0.321 e. The van der Waals surface area contributed by atoms with Gasteiger partial charge in [-0.25, -0.2) is 0 Å². The standard InChI is InChI=1S/C11H19N3/c1-3-14-8-10(7-13-14)11(12)5-4-9(2)6-11/h7-9H,3-6,12H2,1-2H3. The van der Waals surface area contributed by atoms with Crippen LogP contribution in [0, 0.1) is 5.92 Å². The van der Waals surface area contributed by atoms with Crippen LogP contribution < -0.4 is 5.73 Å². The first-order valence-corrected chi connectivity index (χ1v) is 5.46. The second-order valence-electron chi connectivity index (χ2n) is 4.59. The zero-order valence-electron chi connectivity index (χ0n) is 9.03. The predicted molar refractivity (Wildman–Crippen MR) is 56.8 cm³/mol. The Morgan fingerprint density at radius 1 is 1.71 bits per heavy atom. The van der Waals surface area contributed by atoms with E-state index < -0.39 is 0 Å². The van der Waals surface area contributed by atoms with Crippen LogP contribution in [0.5, 0.6) is 0 Å². The Morgan fingerprint density at radius 2 is 2.50 bits per heavy atom. The highest BCUT2D eigenvalue weighted by atomic mass is 15.3. The van der Waals surface area contributed by atoms with Gasteiger partial charge in [0.25, 0.3) is 0 Å². The number of aromatic nitrogens is 2. The fourth-order valence-electron chi connectivity index (χ4n) is 2.39. The molecule has 2 N–H and O–H groups in total. The fraction of sp³-hybridized carbons (Fsp3) is 0.727. The van der Waals surface area contributed by atoms with Crippen LogP contribution in [-0.2, 0) is 12.1 Å². The summed E-state index contributed by atoms with van der Waals surface area (Å²) in [7, 11) is 0. The van der Waals surface area contributed by atoms with Gasteiger partial charge in [-0.3, -0.25) is 4.68 Å². The Balaban J connectivity index is 2.21. The lowest BCUT2D eigenvalue weighted by Gasteiger charge is -2.22. The van der Waals surface area contributed by atoms with E-state index in [4.69, 9.17) is 5.73 Å². The predicted octanol–water partition coefficient (Wildman–Crippen LogP) is 1.88. The highest BCUT2D eigenvalue weighted by Crippen LogP contribution is 2.39. The smallest absolute Gasteiger partial charge is 0.0540 e. The number of hydrogen-bond acceptors (Lipinski definition) is 2. The molecule has 2 atom stereocenters. The van der Waals surface area contributed by atoms with Crippen LogP contribution >= 0.6 is 0 Å². The minimum absolute atomic E-state index is 0.104. The molecule has 1 aromatic rings. The van der Waals surface area contributed by atoms with Crippen LogP contribution in [0.15, 0.2) is 12.4 Å². The molecule has 1 fully saturated rings. The molecule has 0 aliphatic heterocycles. The monoisotopic (exact) mass is 193 g/mol. The molecule has 3 nitrogen and oxygen atoms in total. The molecule has 1 aliphatic rings. The van der Waals surface area contributed by atoms with Gasteiger partial charge in [-0.15, -0.1) is 0 Å². The summed E-state index contributed by atoms with van der Waals surface area (Å²) < 4.78 is 1.95. The minimum Gasteiger partial charge on any atom is -0.321 e. The highest BCUT2D eigenvalue weighted by Gasteiger charge is 2.35. The molecule has 1 aliphatic carbocycles. The number of nitrogens with zero attached hydrogens (tertiary/aromatic N) is 2. The second kappa shape index (κ2) is 3.39. The van der Waals surface area contributed by atoms with Gasteiger partial charge in [0.2, 0.25) is 0 Å². The van der Waals surface area contributed by atoms with Crippen molar-refractivity contribution in [2.24, 2.45) is 11.7 Å². The molecule has 3 heteroatoms. The molecule has 2 rings (SSSR count). The van der Waals surface area contributed by atoms with Gasteiger partial charge in [0, 0.05) is 23.8 Å². The second-order valence-corrected chi connectivity index (χ2v) is 4.59. The molecule has 2 unspecified atom stereocenters. The number of hydrogen-bond donors (Lipinski definition) is 1. The van der Waals surface area contributed by atoms with Crippen LogP contribution in [0.25, 0.3) is 0 Å². The van der Waals surface area contributed by atoms with Crippen molar-refractivity contribution in [1.29, 1.82) is 0 Å². The molecule has 0 amide bonds. The van der Waals surface area contributed by atoms with E-state index in [1.54, 1.807) is 0 Å². The molecule has 1 heterocycles. The molecule has 1 saturated carbocycles. The van der Waals surface area contributed by atoms with Crippen LogP contribution in [-0.4, -0.2) is 9.78 Å².